The topological polar surface area (TPSA) is 50.9 Å². The molecule has 0 aliphatic carbocycles. The van der Waals surface area contributed by atoms with E-state index in [9.17, 15) is 0 Å². The molecule has 142 valence electrons. The minimum Gasteiger partial charge on any atom is -0.346 e. The van der Waals surface area contributed by atoms with Gasteiger partial charge < -0.3 is 10.2 Å². The smallest absolute Gasteiger partial charge is 0.174 e. The van der Waals surface area contributed by atoms with Crippen molar-refractivity contribution >= 4 is 50.7 Å². The Morgan fingerprint density at radius 2 is 2.04 bits per heavy atom. The van der Waals surface area contributed by atoms with Crippen LogP contribution in [0.4, 0.5) is 5.82 Å². The summed E-state index contributed by atoms with van der Waals surface area (Å²) in [4.78, 5) is 1.96. The molecule has 1 N–H and O–H groups in total. The Morgan fingerprint density at radius 3 is 2.74 bits per heavy atom. The standard InChI is InChI=1S/C18H20BrClN6S/c1-3-26-16(15(19)10-21-26)12-24(2)18(27)22-17-8-9-25(23-17)11-13-4-6-14(20)7-5-13/h4-10H,3,11-12H2,1-2H3,(H,22,23,27). The highest BCUT2D eigenvalue weighted by Crippen LogP contribution is 2.18. The number of hydrogen-bond donors (Lipinski definition) is 1. The van der Waals surface area contributed by atoms with Crippen LogP contribution < -0.4 is 5.32 Å². The third-order valence-corrected chi connectivity index (χ3v) is 5.39. The number of nitrogens with one attached hydrogen (secondary N) is 1. The van der Waals surface area contributed by atoms with Crippen LogP contribution in [0.25, 0.3) is 0 Å². The van der Waals surface area contributed by atoms with Gasteiger partial charge in [0.15, 0.2) is 10.9 Å². The van der Waals surface area contributed by atoms with E-state index in [-0.39, 0.29) is 0 Å². The predicted octanol–water partition coefficient (Wildman–Crippen LogP) is 4.39. The summed E-state index contributed by atoms with van der Waals surface area (Å²) in [5.41, 5.74) is 2.21. The van der Waals surface area contributed by atoms with Crippen molar-refractivity contribution in [2.75, 3.05) is 12.4 Å². The van der Waals surface area contributed by atoms with Crippen molar-refractivity contribution in [2.45, 2.75) is 26.6 Å². The molecule has 3 rings (SSSR count). The second kappa shape index (κ2) is 8.86. The molecule has 0 atom stereocenters. The van der Waals surface area contributed by atoms with Crippen molar-refractivity contribution in [2.24, 2.45) is 0 Å². The fraction of sp³-hybridized carbons (Fsp3) is 0.278. The van der Waals surface area contributed by atoms with E-state index < -0.39 is 0 Å². The second-order valence-corrected chi connectivity index (χ2v) is 7.74. The van der Waals surface area contributed by atoms with Gasteiger partial charge in [0, 0.05) is 30.9 Å². The molecule has 9 heteroatoms. The van der Waals surface area contributed by atoms with Crippen molar-refractivity contribution in [1.29, 1.82) is 0 Å². The fourth-order valence-electron chi connectivity index (χ4n) is 2.61. The lowest BCUT2D eigenvalue weighted by atomic mass is 10.2. The molecule has 3 aromatic rings. The molecule has 0 saturated heterocycles. The molecular formula is C18H20BrClN6S. The van der Waals surface area contributed by atoms with Crippen LogP contribution in [0.2, 0.25) is 5.02 Å². The number of benzene rings is 1. The van der Waals surface area contributed by atoms with Crippen molar-refractivity contribution in [1.82, 2.24) is 24.5 Å². The van der Waals surface area contributed by atoms with Gasteiger partial charge in [-0.25, -0.2) is 0 Å². The summed E-state index contributed by atoms with van der Waals surface area (Å²) in [6.07, 6.45) is 3.73. The molecule has 2 aromatic heterocycles. The summed E-state index contributed by atoms with van der Waals surface area (Å²) < 4.78 is 4.78. The van der Waals surface area contributed by atoms with E-state index in [2.05, 4.69) is 38.4 Å². The molecule has 0 amide bonds. The highest BCUT2D eigenvalue weighted by molar-refractivity contribution is 9.10. The number of anilines is 1. The average Bonchev–Trinajstić information content (AvgIpc) is 3.23. The molecule has 0 spiro atoms. The van der Waals surface area contributed by atoms with E-state index in [1.54, 1.807) is 0 Å². The van der Waals surface area contributed by atoms with Crippen LogP contribution in [0, 0.1) is 0 Å². The minimum absolute atomic E-state index is 0.600. The van der Waals surface area contributed by atoms with Gasteiger partial charge in [-0.1, -0.05) is 23.7 Å². The first-order valence-electron chi connectivity index (χ1n) is 8.46. The number of rotatable bonds is 6. The summed E-state index contributed by atoms with van der Waals surface area (Å²) in [7, 11) is 1.94. The average molecular weight is 468 g/mol. The Kier molecular flexibility index (Phi) is 6.51. The lowest BCUT2D eigenvalue weighted by Gasteiger charge is -2.21. The normalized spacial score (nSPS) is 10.8. The van der Waals surface area contributed by atoms with Crippen molar-refractivity contribution in [3.8, 4) is 0 Å². The van der Waals surface area contributed by atoms with Gasteiger partial charge in [0.05, 0.1) is 29.5 Å². The van der Waals surface area contributed by atoms with Gasteiger partial charge >= 0.3 is 0 Å². The molecule has 2 heterocycles. The van der Waals surface area contributed by atoms with Gasteiger partial charge in [-0.2, -0.15) is 10.2 Å². The largest absolute Gasteiger partial charge is 0.346 e. The number of hydrogen-bond acceptors (Lipinski definition) is 3. The molecule has 0 aliphatic heterocycles. The summed E-state index contributed by atoms with van der Waals surface area (Å²) >= 11 is 15.0. The van der Waals surface area contributed by atoms with Crippen LogP contribution in [0.15, 0.2) is 47.2 Å². The van der Waals surface area contributed by atoms with Gasteiger partial charge in [0.25, 0.3) is 0 Å². The predicted molar refractivity (Wildman–Crippen MR) is 116 cm³/mol. The first kappa shape index (κ1) is 19.9. The van der Waals surface area contributed by atoms with Crippen molar-refractivity contribution in [3.05, 3.63) is 63.5 Å². The Hall–Kier alpha value is -1.90. The molecule has 6 nitrogen and oxygen atoms in total. The molecule has 0 unspecified atom stereocenters. The van der Waals surface area contributed by atoms with Gasteiger partial charge in [-0.3, -0.25) is 9.36 Å². The van der Waals surface area contributed by atoms with Gasteiger partial charge in [0.2, 0.25) is 0 Å². The van der Waals surface area contributed by atoms with Crippen LogP contribution in [0.5, 0.6) is 0 Å². The minimum atomic E-state index is 0.600. The molecule has 0 aliphatic rings. The zero-order valence-corrected chi connectivity index (χ0v) is 18.2. The molecule has 0 saturated carbocycles. The lowest BCUT2D eigenvalue weighted by Crippen LogP contribution is -2.31. The zero-order valence-electron chi connectivity index (χ0n) is 15.1. The first-order valence-corrected chi connectivity index (χ1v) is 10.0. The monoisotopic (exact) mass is 466 g/mol. The maximum atomic E-state index is 5.93. The maximum Gasteiger partial charge on any atom is 0.174 e. The third kappa shape index (κ3) is 5.09. The highest BCUT2D eigenvalue weighted by atomic mass is 79.9. The Bertz CT molecular complexity index is 920. The van der Waals surface area contributed by atoms with E-state index in [4.69, 9.17) is 23.8 Å². The van der Waals surface area contributed by atoms with Crippen LogP contribution in [0.1, 0.15) is 18.2 Å². The Balaban J connectivity index is 1.60. The summed E-state index contributed by atoms with van der Waals surface area (Å²) in [6.45, 7) is 4.19. The van der Waals surface area contributed by atoms with Crippen LogP contribution >= 0.6 is 39.7 Å². The molecule has 0 fully saturated rings. The van der Waals surface area contributed by atoms with Gasteiger partial charge in [0.1, 0.15) is 0 Å². The van der Waals surface area contributed by atoms with Crippen molar-refractivity contribution < 1.29 is 0 Å². The summed E-state index contributed by atoms with van der Waals surface area (Å²) in [6, 6.07) is 9.64. The highest BCUT2D eigenvalue weighted by Gasteiger charge is 2.13. The fourth-order valence-corrected chi connectivity index (χ4v) is 3.33. The maximum absolute atomic E-state index is 5.93. The summed E-state index contributed by atoms with van der Waals surface area (Å²) in [5, 5.41) is 13.4. The van der Waals surface area contributed by atoms with E-state index >= 15 is 0 Å². The van der Waals surface area contributed by atoms with Crippen LogP contribution in [0.3, 0.4) is 0 Å². The summed E-state index contributed by atoms with van der Waals surface area (Å²) in [5.74, 6) is 0.712. The van der Waals surface area contributed by atoms with Crippen LogP contribution in [-0.4, -0.2) is 36.6 Å². The quantitative estimate of drug-likeness (QED) is 0.545. The molecule has 1 aromatic carbocycles. The number of aromatic nitrogens is 4. The van der Waals surface area contributed by atoms with E-state index in [1.807, 2.05) is 64.0 Å². The van der Waals surface area contributed by atoms with E-state index in [0.29, 0.717) is 24.0 Å². The van der Waals surface area contributed by atoms with Gasteiger partial charge in [-0.05, 0) is 52.8 Å². The van der Waals surface area contributed by atoms with E-state index in [0.717, 1.165) is 27.3 Å². The third-order valence-electron chi connectivity index (χ3n) is 4.06. The number of halogens is 2. The van der Waals surface area contributed by atoms with Gasteiger partial charge in [-0.15, -0.1) is 0 Å². The first-order chi connectivity index (χ1) is 13.0. The molecular weight excluding hydrogens is 448 g/mol. The number of nitrogens with zero attached hydrogens (tertiary/aromatic N) is 5. The zero-order chi connectivity index (χ0) is 19.4. The second-order valence-electron chi connectivity index (χ2n) is 6.07. The molecule has 0 bridgehead atoms. The Morgan fingerprint density at radius 1 is 1.30 bits per heavy atom. The number of thiocarbonyl (C=S) groups is 1. The molecule has 27 heavy (non-hydrogen) atoms. The lowest BCUT2D eigenvalue weighted by molar-refractivity contribution is 0.470. The Labute approximate surface area is 177 Å². The number of aryl methyl sites for hydroxylation is 1. The molecule has 0 radical (unpaired) electrons. The van der Waals surface area contributed by atoms with E-state index in [1.165, 1.54) is 0 Å². The SMILES string of the molecule is CCn1ncc(Br)c1CN(C)C(=S)Nc1ccn(Cc2ccc(Cl)cc2)n1. The van der Waals surface area contributed by atoms with Crippen LogP contribution in [-0.2, 0) is 19.6 Å². The van der Waals surface area contributed by atoms with Crippen molar-refractivity contribution in [3.63, 3.8) is 0 Å².